The van der Waals surface area contributed by atoms with Gasteiger partial charge in [-0.3, -0.25) is 0 Å². The minimum absolute atomic E-state index is 0.0880. The van der Waals surface area contributed by atoms with Crippen LogP contribution in [0, 0.1) is 5.82 Å². The number of aromatic hydroxyl groups is 1. The number of rotatable bonds is 5. The predicted molar refractivity (Wildman–Crippen MR) is 126 cm³/mol. The van der Waals surface area contributed by atoms with Gasteiger partial charge in [-0.25, -0.2) is 4.39 Å². The van der Waals surface area contributed by atoms with Gasteiger partial charge in [0.25, 0.3) is 0 Å². The van der Waals surface area contributed by atoms with Crippen LogP contribution < -0.4 is 4.90 Å². The zero-order valence-electron chi connectivity index (χ0n) is 18.3. The molecule has 1 aliphatic rings. The Labute approximate surface area is 191 Å². The molecule has 166 valence electrons. The van der Waals surface area contributed by atoms with Gasteiger partial charge in [-0.15, -0.1) is 10.2 Å². The number of aromatic nitrogens is 4. The van der Waals surface area contributed by atoms with Gasteiger partial charge >= 0.3 is 0 Å². The number of hydrogen-bond acceptors (Lipinski definition) is 5. The van der Waals surface area contributed by atoms with Gasteiger partial charge in [0.1, 0.15) is 11.6 Å². The highest BCUT2D eigenvalue weighted by Crippen LogP contribution is 2.37. The molecule has 6 nitrogen and oxygen atoms in total. The fraction of sp³-hybridized carbons (Fsp3) is 0.192. The molecule has 1 atom stereocenters. The molecule has 1 aromatic heterocycles. The maximum Gasteiger partial charge on any atom is 0.197 e. The fourth-order valence-electron chi connectivity index (χ4n) is 4.38. The molecule has 4 aromatic rings. The van der Waals surface area contributed by atoms with E-state index >= 15 is 0 Å². The van der Waals surface area contributed by atoms with Crippen molar-refractivity contribution in [1.82, 2.24) is 20.2 Å². The lowest BCUT2D eigenvalue weighted by molar-refractivity contribution is 0.472. The molecule has 0 bridgehead atoms. The molecular formula is C26H24FN5O. The Morgan fingerprint density at radius 1 is 1.03 bits per heavy atom. The average Bonchev–Trinajstić information content (AvgIpc) is 3.24. The van der Waals surface area contributed by atoms with Gasteiger partial charge in [0, 0.05) is 12.2 Å². The Hall–Kier alpha value is -4.00. The van der Waals surface area contributed by atoms with Gasteiger partial charge in [0.2, 0.25) is 0 Å². The normalized spacial score (nSPS) is 15.7. The molecule has 0 amide bonds. The average molecular weight is 442 g/mol. The molecule has 1 aliphatic heterocycles. The van der Waals surface area contributed by atoms with Crippen LogP contribution in [0.15, 0.2) is 66.7 Å². The quantitative estimate of drug-likeness (QED) is 0.491. The van der Waals surface area contributed by atoms with Crippen LogP contribution in [-0.2, 0) is 19.9 Å². The van der Waals surface area contributed by atoms with E-state index in [1.165, 1.54) is 28.1 Å². The Balaban J connectivity index is 1.41. The fourth-order valence-corrected chi connectivity index (χ4v) is 4.38. The lowest BCUT2D eigenvalue weighted by atomic mass is 9.88. The van der Waals surface area contributed by atoms with E-state index in [9.17, 15) is 9.50 Å². The number of fused-ring (bicyclic) bond motifs is 1. The van der Waals surface area contributed by atoms with E-state index in [0.717, 1.165) is 36.2 Å². The van der Waals surface area contributed by atoms with Crippen molar-refractivity contribution in [3.05, 3.63) is 101 Å². The van der Waals surface area contributed by atoms with Crippen molar-refractivity contribution in [3.63, 3.8) is 0 Å². The Bertz CT molecular complexity index is 1280. The molecule has 0 fully saturated rings. The van der Waals surface area contributed by atoms with E-state index in [0.29, 0.717) is 5.82 Å². The van der Waals surface area contributed by atoms with E-state index in [2.05, 4.69) is 44.6 Å². The Morgan fingerprint density at radius 2 is 1.82 bits per heavy atom. The smallest absolute Gasteiger partial charge is 0.197 e. The Kier molecular flexibility index (Phi) is 5.60. The second kappa shape index (κ2) is 8.86. The first-order valence-corrected chi connectivity index (χ1v) is 10.9. The highest BCUT2D eigenvalue weighted by Gasteiger charge is 2.28. The summed E-state index contributed by atoms with van der Waals surface area (Å²) in [6.45, 7) is 0.804. The summed E-state index contributed by atoms with van der Waals surface area (Å²) < 4.78 is 13.5. The van der Waals surface area contributed by atoms with E-state index in [1.807, 2.05) is 36.4 Å². The minimum Gasteiger partial charge on any atom is -0.508 e. The molecule has 0 spiro atoms. The summed E-state index contributed by atoms with van der Waals surface area (Å²) in [7, 11) is 1.74. The van der Waals surface area contributed by atoms with Gasteiger partial charge in [0.15, 0.2) is 5.82 Å². The summed E-state index contributed by atoms with van der Waals surface area (Å²) in [5, 5.41) is 21.9. The van der Waals surface area contributed by atoms with Crippen LogP contribution in [0.1, 0.15) is 34.1 Å². The molecule has 0 saturated heterocycles. The molecule has 2 heterocycles. The summed E-state index contributed by atoms with van der Waals surface area (Å²) in [6.07, 6.45) is 5.43. The van der Waals surface area contributed by atoms with Crippen molar-refractivity contribution < 1.29 is 9.50 Å². The lowest BCUT2D eigenvalue weighted by Crippen LogP contribution is -2.36. The molecule has 7 heteroatoms. The molecule has 3 aromatic carbocycles. The summed E-state index contributed by atoms with van der Waals surface area (Å²) in [5.74, 6) is 0.619. The maximum atomic E-state index is 13.5. The molecule has 1 unspecified atom stereocenters. The number of hydrogen-bond donors (Lipinski definition) is 1. The number of anilines is 1. The van der Waals surface area contributed by atoms with Crippen LogP contribution in [0.2, 0.25) is 0 Å². The van der Waals surface area contributed by atoms with Gasteiger partial charge in [-0.2, -0.15) is 4.80 Å². The highest BCUT2D eigenvalue weighted by molar-refractivity contribution is 5.66. The summed E-state index contributed by atoms with van der Waals surface area (Å²) in [4.78, 5) is 3.75. The molecule has 0 aliphatic carbocycles. The number of halogens is 1. The Morgan fingerprint density at radius 3 is 2.55 bits per heavy atom. The van der Waals surface area contributed by atoms with Crippen molar-refractivity contribution in [1.29, 1.82) is 0 Å². The summed E-state index contributed by atoms with van der Waals surface area (Å²) >= 11 is 0. The van der Waals surface area contributed by atoms with Crippen molar-refractivity contribution in [2.24, 2.45) is 7.05 Å². The molecule has 33 heavy (non-hydrogen) atoms. The minimum atomic E-state index is -0.238. The van der Waals surface area contributed by atoms with E-state index in [4.69, 9.17) is 0 Å². The zero-order chi connectivity index (χ0) is 22.8. The monoisotopic (exact) mass is 441 g/mol. The predicted octanol–water partition coefficient (Wildman–Crippen LogP) is 4.57. The first-order valence-electron chi connectivity index (χ1n) is 10.9. The molecule has 1 N–H and O–H groups in total. The van der Waals surface area contributed by atoms with Crippen LogP contribution in [0.3, 0.4) is 0 Å². The number of phenolic OH excluding ortho intramolecular Hbond substituents is 1. The van der Waals surface area contributed by atoms with E-state index < -0.39 is 0 Å². The SMILES string of the molecule is Cn1nnc(C=Cc2ccc(CC3c4ccc(O)cc4CCN3c3ccc(F)cc3)cc2)n1. The topological polar surface area (TPSA) is 67.1 Å². The standard InChI is InChI=1S/C26H24FN5O/c1-31-29-26(28-30-31)13-6-18-2-4-19(5-3-18)16-25-24-12-11-23(33)17-20(24)14-15-32(25)22-9-7-21(27)8-10-22/h2-13,17,25,33H,14-16H2,1H3. The molecule has 0 radical (unpaired) electrons. The third kappa shape index (κ3) is 4.62. The van der Waals surface area contributed by atoms with Crippen LogP contribution in [0.4, 0.5) is 10.1 Å². The zero-order valence-corrected chi connectivity index (χ0v) is 18.3. The van der Waals surface area contributed by atoms with E-state index in [1.54, 1.807) is 13.1 Å². The number of tetrazole rings is 1. The number of benzene rings is 3. The third-order valence-electron chi connectivity index (χ3n) is 6.00. The van der Waals surface area contributed by atoms with Gasteiger partial charge < -0.3 is 10.0 Å². The van der Waals surface area contributed by atoms with Crippen molar-refractivity contribution >= 4 is 17.8 Å². The summed E-state index contributed by atoms with van der Waals surface area (Å²) in [5.41, 5.74) is 5.60. The second-order valence-corrected chi connectivity index (χ2v) is 8.23. The second-order valence-electron chi connectivity index (χ2n) is 8.23. The maximum absolute atomic E-state index is 13.5. The van der Waals surface area contributed by atoms with Crippen LogP contribution >= 0.6 is 0 Å². The van der Waals surface area contributed by atoms with Gasteiger partial charge in [0.05, 0.1) is 13.1 Å². The number of phenols is 1. The van der Waals surface area contributed by atoms with Crippen LogP contribution in [-0.4, -0.2) is 31.9 Å². The van der Waals surface area contributed by atoms with Crippen LogP contribution in [0.25, 0.3) is 12.2 Å². The van der Waals surface area contributed by atoms with Crippen molar-refractivity contribution in [2.75, 3.05) is 11.4 Å². The van der Waals surface area contributed by atoms with Crippen LogP contribution in [0.5, 0.6) is 5.75 Å². The largest absolute Gasteiger partial charge is 0.508 e. The third-order valence-corrected chi connectivity index (χ3v) is 6.00. The summed E-state index contributed by atoms with van der Waals surface area (Å²) in [6, 6.07) is 20.8. The van der Waals surface area contributed by atoms with Crippen molar-refractivity contribution in [2.45, 2.75) is 18.9 Å². The van der Waals surface area contributed by atoms with Gasteiger partial charge in [-0.05, 0) is 82.8 Å². The molecule has 0 saturated carbocycles. The lowest BCUT2D eigenvalue weighted by Gasteiger charge is -2.39. The first-order chi connectivity index (χ1) is 16.0. The highest BCUT2D eigenvalue weighted by atomic mass is 19.1. The van der Waals surface area contributed by atoms with Crippen molar-refractivity contribution in [3.8, 4) is 5.75 Å². The van der Waals surface area contributed by atoms with E-state index in [-0.39, 0.29) is 17.6 Å². The molecule has 5 rings (SSSR count). The first kappa shape index (κ1) is 20.9. The number of nitrogens with zero attached hydrogens (tertiary/aromatic N) is 5. The molecular weight excluding hydrogens is 417 g/mol. The number of aryl methyl sites for hydroxylation is 1. The van der Waals surface area contributed by atoms with Gasteiger partial charge in [-0.1, -0.05) is 36.4 Å².